The summed E-state index contributed by atoms with van der Waals surface area (Å²) in [7, 11) is 6.22. The molecule has 38 heavy (non-hydrogen) atoms. The molecule has 0 aromatic heterocycles. The van der Waals surface area contributed by atoms with Crippen LogP contribution in [0.2, 0.25) is 5.02 Å². The number of fused-ring (bicyclic) bond motifs is 1. The minimum Gasteiger partial charge on any atom is -0.495 e. The number of rotatable bonds is 10. The highest BCUT2D eigenvalue weighted by atomic mass is 35.5. The third-order valence-corrected chi connectivity index (χ3v) is 6.68. The second kappa shape index (κ2) is 11.7. The van der Waals surface area contributed by atoms with E-state index in [0.29, 0.717) is 58.4 Å². The molecule has 4 rings (SSSR count). The van der Waals surface area contributed by atoms with E-state index in [1.54, 1.807) is 45.5 Å². The molecule has 0 radical (unpaired) electrons. The lowest BCUT2D eigenvalue weighted by molar-refractivity contribution is -0.118. The van der Waals surface area contributed by atoms with Crippen LogP contribution in [0.5, 0.6) is 34.5 Å². The number of ether oxygens (including phenoxy) is 6. The first-order valence-corrected chi connectivity index (χ1v) is 12.7. The van der Waals surface area contributed by atoms with E-state index in [9.17, 15) is 4.79 Å². The second-order valence-electron chi connectivity index (χ2n) is 8.48. The Morgan fingerprint density at radius 2 is 1.39 bits per heavy atom. The molecule has 1 amide bonds. The summed E-state index contributed by atoms with van der Waals surface area (Å²) in [5.74, 6) is 3.03. The molecule has 1 aliphatic heterocycles. The predicted octanol–water partition coefficient (Wildman–Crippen LogP) is 5.85. The molecule has 3 aromatic rings. The van der Waals surface area contributed by atoms with Crippen LogP contribution in [0, 0.1) is 0 Å². The summed E-state index contributed by atoms with van der Waals surface area (Å²) in [5.41, 5.74) is 3.11. The van der Waals surface area contributed by atoms with Crippen molar-refractivity contribution in [2.45, 2.75) is 26.3 Å². The number of carbonyl (C=O) groups excluding carboxylic acids is 1. The molecule has 0 saturated carbocycles. The molecule has 0 spiro atoms. The molecular weight excluding hydrogens is 510 g/mol. The zero-order valence-electron chi connectivity index (χ0n) is 22.4. The van der Waals surface area contributed by atoms with Gasteiger partial charge < -0.3 is 33.3 Å². The molecule has 1 atom stereocenters. The van der Waals surface area contributed by atoms with Gasteiger partial charge in [-0.2, -0.15) is 0 Å². The lowest BCUT2D eigenvalue weighted by atomic mass is 9.86. The summed E-state index contributed by atoms with van der Waals surface area (Å²) in [6, 6.07) is 12.3. The van der Waals surface area contributed by atoms with Crippen LogP contribution in [-0.4, -0.2) is 47.6 Å². The Bertz CT molecular complexity index is 1300. The van der Waals surface area contributed by atoms with E-state index in [1.165, 1.54) is 0 Å². The van der Waals surface area contributed by atoms with E-state index >= 15 is 0 Å². The quantitative estimate of drug-likeness (QED) is 0.318. The van der Waals surface area contributed by atoms with Crippen LogP contribution in [0.15, 0.2) is 42.5 Å². The van der Waals surface area contributed by atoms with E-state index in [0.717, 1.165) is 16.7 Å². The largest absolute Gasteiger partial charge is 0.495 e. The Morgan fingerprint density at radius 1 is 0.789 bits per heavy atom. The standard InChI is InChI=1S/C29H32ClNO7/c1-7-37-23-11-17-14-27(32)31(19-9-10-22(33-3)21(30)15-19)28(20(17)16-24(23)38-8-2)18-12-25(34-4)29(36-6)26(13-18)35-5/h9-13,15-16,28H,7-8,14H2,1-6H3. The third kappa shape index (κ3) is 5.00. The topological polar surface area (TPSA) is 75.7 Å². The van der Waals surface area contributed by atoms with Crippen LogP contribution in [0.4, 0.5) is 5.69 Å². The molecule has 0 fully saturated rings. The van der Waals surface area contributed by atoms with E-state index in [2.05, 4.69) is 0 Å². The highest BCUT2D eigenvalue weighted by Gasteiger charge is 2.37. The van der Waals surface area contributed by atoms with Crippen molar-refractivity contribution in [3.8, 4) is 34.5 Å². The number of carbonyl (C=O) groups is 1. The Morgan fingerprint density at radius 3 is 1.92 bits per heavy atom. The number of hydrogen-bond acceptors (Lipinski definition) is 7. The Labute approximate surface area is 227 Å². The van der Waals surface area contributed by atoms with Gasteiger partial charge in [-0.1, -0.05) is 11.6 Å². The molecular formula is C29H32ClNO7. The van der Waals surface area contributed by atoms with Gasteiger partial charge in [-0.15, -0.1) is 0 Å². The van der Waals surface area contributed by atoms with Gasteiger partial charge in [0, 0.05) is 5.69 Å². The van der Waals surface area contributed by atoms with Gasteiger partial charge in [0.25, 0.3) is 0 Å². The monoisotopic (exact) mass is 541 g/mol. The van der Waals surface area contributed by atoms with Crippen molar-refractivity contribution in [3.63, 3.8) is 0 Å². The van der Waals surface area contributed by atoms with Crippen LogP contribution in [0.3, 0.4) is 0 Å². The third-order valence-electron chi connectivity index (χ3n) is 6.38. The zero-order chi connectivity index (χ0) is 27.4. The van der Waals surface area contributed by atoms with Crippen molar-refractivity contribution in [2.75, 3.05) is 46.6 Å². The fourth-order valence-corrected chi connectivity index (χ4v) is 5.03. The van der Waals surface area contributed by atoms with Gasteiger partial charge in [0.2, 0.25) is 11.7 Å². The molecule has 0 N–H and O–H groups in total. The van der Waals surface area contributed by atoms with Gasteiger partial charge >= 0.3 is 0 Å². The summed E-state index contributed by atoms with van der Waals surface area (Å²) in [6.07, 6.45) is 0.173. The van der Waals surface area contributed by atoms with Gasteiger partial charge in [0.05, 0.1) is 59.1 Å². The molecule has 0 aliphatic carbocycles. The molecule has 0 saturated heterocycles. The van der Waals surface area contributed by atoms with Crippen molar-refractivity contribution in [2.24, 2.45) is 0 Å². The first kappa shape index (κ1) is 27.3. The Hall–Kier alpha value is -3.78. The van der Waals surface area contributed by atoms with E-state index in [1.807, 2.05) is 44.2 Å². The van der Waals surface area contributed by atoms with Gasteiger partial charge in [-0.3, -0.25) is 4.79 Å². The summed E-state index contributed by atoms with van der Waals surface area (Å²) < 4.78 is 33.9. The van der Waals surface area contributed by atoms with Crippen LogP contribution in [0.1, 0.15) is 36.6 Å². The van der Waals surface area contributed by atoms with Crippen LogP contribution in [0.25, 0.3) is 0 Å². The smallest absolute Gasteiger partial charge is 0.232 e. The predicted molar refractivity (Wildman–Crippen MR) is 146 cm³/mol. The lowest BCUT2D eigenvalue weighted by Crippen LogP contribution is -2.41. The van der Waals surface area contributed by atoms with Crippen molar-refractivity contribution in [3.05, 3.63) is 64.2 Å². The SMILES string of the molecule is CCOc1cc2c(cc1OCC)C(c1cc(OC)c(OC)c(OC)c1)N(c1ccc(OC)c(Cl)c1)C(=O)C2. The highest BCUT2D eigenvalue weighted by molar-refractivity contribution is 6.32. The Balaban J connectivity index is 2.00. The fraction of sp³-hybridized carbons (Fsp3) is 0.345. The average molecular weight is 542 g/mol. The minimum absolute atomic E-state index is 0.107. The molecule has 3 aromatic carbocycles. The zero-order valence-corrected chi connectivity index (χ0v) is 23.2. The number of methoxy groups -OCH3 is 4. The Kier molecular flexibility index (Phi) is 8.42. The highest BCUT2D eigenvalue weighted by Crippen LogP contribution is 2.48. The number of amides is 1. The maximum atomic E-state index is 13.8. The van der Waals surface area contributed by atoms with Crippen molar-refractivity contribution >= 4 is 23.2 Å². The summed E-state index contributed by atoms with van der Waals surface area (Å²) in [4.78, 5) is 15.5. The average Bonchev–Trinajstić information content (AvgIpc) is 2.92. The van der Waals surface area contributed by atoms with E-state index in [4.69, 9.17) is 40.0 Å². The lowest BCUT2D eigenvalue weighted by Gasteiger charge is -2.38. The molecule has 1 aliphatic rings. The number of halogens is 1. The molecule has 8 nitrogen and oxygen atoms in total. The number of nitrogens with zero attached hydrogens (tertiary/aromatic N) is 1. The van der Waals surface area contributed by atoms with E-state index < -0.39 is 6.04 Å². The number of hydrogen-bond donors (Lipinski definition) is 0. The maximum absolute atomic E-state index is 13.8. The normalized spacial score (nSPS) is 14.6. The number of benzene rings is 3. The van der Waals surface area contributed by atoms with Gasteiger partial charge in [-0.05, 0) is 73.0 Å². The van der Waals surface area contributed by atoms with Crippen LogP contribution < -0.4 is 33.3 Å². The first-order valence-electron chi connectivity index (χ1n) is 12.3. The molecule has 1 heterocycles. The summed E-state index contributed by atoms with van der Waals surface area (Å²) >= 11 is 6.49. The summed E-state index contributed by atoms with van der Waals surface area (Å²) in [5, 5.41) is 0.397. The van der Waals surface area contributed by atoms with Crippen LogP contribution in [-0.2, 0) is 11.2 Å². The fourth-order valence-electron chi connectivity index (χ4n) is 4.78. The van der Waals surface area contributed by atoms with Crippen molar-refractivity contribution in [1.29, 1.82) is 0 Å². The summed E-state index contributed by atoms with van der Waals surface area (Å²) in [6.45, 7) is 4.76. The maximum Gasteiger partial charge on any atom is 0.232 e. The van der Waals surface area contributed by atoms with Crippen LogP contribution >= 0.6 is 11.6 Å². The van der Waals surface area contributed by atoms with Gasteiger partial charge in [-0.25, -0.2) is 0 Å². The molecule has 202 valence electrons. The van der Waals surface area contributed by atoms with Crippen molar-refractivity contribution in [1.82, 2.24) is 0 Å². The van der Waals surface area contributed by atoms with Gasteiger partial charge in [0.1, 0.15) is 5.75 Å². The van der Waals surface area contributed by atoms with Crippen molar-refractivity contribution < 1.29 is 33.2 Å². The minimum atomic E-state index is -0.556. The molecule has 0 bridgehead atoms. The first-order chi connectivity index (χ1) is 18.4. The number of anilines is 1. The van der Waals surface area contributed by atoms with E-state index in [-0.39, 0.29) is 12.3 Å². The molecule has 9 heteroatoms. The second-order valence-corrected chi connectivity index (χ2v) is 8.89. The van der Waals surface area contributed by atoms with Gasteiger partial charge in [0.15, 0.2) is 23.0 Å². The molecule has 1 unspecified atom stereocenters.